The first-order valence-electron chi connectivity index (χ1n) is 5.31. The van der Waals surface area contributed by atoms with Gasteiger partial charge < -0.3 is 11.1 Å². The lowest BCUT2D eigenvalue weighted by Gasteiger charge is -2.05. The maximum absolute atomic E-state index is 10.9. The zero-order valence-corrected chi connectivity index (χ0v) is 10.3. The molecule has 0 radical (unpaired) electrons. The minimum absolute atomic E-state index is 0.432. The van der Waals surface area contributed by atoms with Crippen molar-refractivity contribution in [2.24, 2.45) is 5.73 Å². The first kappa shape index (κ1) is 12.1. The second-order valence-corrected chi connectivity index (χ2v) is 4.84. The van der Waals surface area contributed by atoms with Crippen LogP contribution in [0.4, 0.5) is 5.69 Å². The fraction of sp³-hybridized carbons (Fsp3) is 0.0769. The molecule has 18 heavy (non-hydrogen) atoms. The van der Waals surface area contributed by atoms with Gasteiger partial charge in [-0.3, -0.25) is 4.79 Å². The molecule has 0 fully saturated rings. The maximum atomic E-state index is 10.9. The van der Waals surface area contributed by atoms with Gasteiger partial charge in [-0.05, 0) is 36.4 Å². The number of anilines is 1. The van der Waals surface area contributed by atoms with Crippen LogP contribution in [-0.2, 0) is 6.54 Å². The van der Waals surface area contributed by atoms with Gasteiger partial charge in [-0.25, -0.2) is 0 Å². The molecule has 3 N–H and O–H groups in total. The van der Waals surface area contributed by atoms with Gasteiger partial charge in [0.15, 0.2) is 0 Å². The summed E-state index contributed by atoms with van der Waals surface area (Å²) < 4.78 is 0. The van der Waals surface area contributed by atoms with Crippen LogP contribution in [0.3, 0.4) is 0 Å². The van der Waals surface area contributed by atoms with Crippen LogP contribution in [0.5, 0.6) is 0 Å². The van der Waals surface area contributed by atoms with E-state index in [9.17, 15) is 4.79 Å². The normalized spacial score (nSPS) is 9.72. The van der Waals surface area contributed by atoms with Gasteiger partial charge in [-0.2, -0.15) is 5.26 Å². The first-order chi connectivity index (χ1) is 8.69. The van der Waals surface area contributed by atoms with Gasteiger partial charge in [0.05, 0.1) is 0 Å². The topological polar surface area (TPSA) is 78.9 Å². The molecule has 0 aliphatic carbocycles. The molecule has 0 saturated heterocycles. The van der Waals surface area contributed by atoms with Gasteiger partial charge in [0.25, 0.3) is 0 Å². The Morgan fingerprint density at radius 3 is 2.56 bits per heavy atom. The molecule has 0 unspecified atom stereocenters. The number of carbonyl (C=O) groups is 1. The zero-order valence-electron chi connectivity index (χ0n) is 9.51. The predicted molar refractivity (Wildman–Crippen MR) is 71.3 cm³/mol. The highest BCUT2D eigenvalue weighted by Gasteiger charge is 2.01. The van der Waals surface area contributed by atoms with Crippen molar-refractivity contribution in [3.05, 3.63) is 51.7 Å². The molecule has 1 aromatic heterocycles. The Morgan fingerprint density at radius 2 is 2.00 bits per heavy atom. The van der Waals surface area contributed by atoms with Crippen molar-refractivity contribution >= 4 is 22.9 Å². The molecule has 0 spiro atoms. The first-order valence-corrected chi connectivity index (χ1v) is 6.13. The molecule has 90 valence electrons. The molecule has 0 atom stereocenters. The lowest BCUT2D eigenvalue weighted by molar-refractivity contribution is 0.100. The van der Waals surface area contributed by atoms with Crippen LogP contribution in [0.1, 0.15) is 20.1 Å². The molecule has 1 aromatic carbocycles. The third kappa shape index (κ3) is 2.87. The fourth-order valence-electron chi connectivity index (χ4n) is 1.47. The van der Waals surface area contributed by atoms with E-state index in [1.165, 1.54) is 11.3 Å². The van der Waals surface area contributed by atoms with Crippen molar-refractivity contribution in [2.75, 3.05) is 5.32 Å². The third-order valence-corrected chi connectivity index (χ3v) is 3.40. The molecule has 1 heterocycles. The number of hydrogen-bond donors (Lipinski definition) is 2. The van der Waals surface area contributed by atoms with Crippen LogP contribution >= 0.6 is 11.3 Å². The highest BCUT2D eigenvalue weighted by molar-refractivity contribution is 7.12. The monoisotopic (exact) mass is 257 g/mol. The third-order valence-electron chi connectivity index (χ3n) is 2.41. The Bertz CT molecular complexity index is 595. The van der Waals surface area contributed by atoms with Gasteiger partial charge in [0.1, 0.15) is 10.9 Å². The Hall–Kier alpha value is -2.32. The van der Waals surface area contributed by atoms with E-state index in [-0.39, 0.29) is 0 Å². The number of nitrogens with zero attached hydrogens (tertiary/aromatic N) is 1. The highest BCUT2D eigenvalue weighted by Crippen LogP contribution is 2.17. The van der Waals surface area contributed by atoms with Crippen molar-refractivity contribution in [3.63, 3.8) is 0 Å². The Kier molecular flexibility index (Phi) is 3.60. The number of nitriles is 1. The summed E-state index contributed by atoms with van der Waals surface area (Å²) in [4.78, 5) is 12.7. The van der Waals surface area contributed by atoms with Crippen LogP contribution < -0.4 is 11.1 Å². The summed E-state index contributed by atoms with van der Waals surface area (Å²) in [6.45, 7) is 0.655. The molecule has 4 nitrogen and oxygen atoms in total. The Morgan fingerprint density at radius 1 is 1.28 bits per heavy atom. The predicted octanol–water partition coefficient (Wildman–Crippen LogP) is 2.33. The maximum Gasteiger partial charge on any atom is 0.248 e. The summed E-state index contributed by atoms with van der Waals surface area (Å²) in [6.07, 6.45) is 0. The van der Waals surface area contributed by atoms with Crippen molar-refractivity contribution in [2.45, 2.75) is 6.54 Å². The van der Waals surface area contributed by atoms with E-state index < -0.39 is 5.91 Å². The molecule has 0 aliphatic rings. The molecule has 2 rings (SSSR count). The number of thiophene rings is 1. The minimum atomic E-state index is -0.432. The van der Waals surface area contributed by atoms with Gasteiger partial charge in [0, 0.05) is 22.7 Å². The van der Waals surface area contributed by atoms with E-state index in [1.807, 2.05) is 6.07 Å². The zero-order chi connectivity index (χ0) is 13.0. The van der Waals surface area contributed by atoms with E-state index in [0.29, 0.717) is 17.0 Å². The van der Waals surface area contributed by atoms with Crippen LogP contribution in [-0.4, -0.2) is 5.91 Å². The average Bonchev–Trinajstić information content (AvgIpc) is 2.85. The number of benzene rings is 1. The second kappa shape index (κ2) is 5.34. The molecule has 0 saturated carbocycles. The molecule has 0 aliphatic heterocycles. The highest BCUT2D eigenvalue weighted by atomic mass is 32.1. The number of primary amides is 1. The van der Waals surface area contributed by atoms with E-state index in [0.717, 1.165) is 10.6 Å². The number of hydrogen-bond acceptors (Lipinski definition) is 4. The molecule has 1 amide bonds. The molecular formula is C13H11N3OS. The molecule has 2 aromatic rings. The summed E-state index contributed by atoms with van der Waals surface area (Å²) in [5, 5.41) is 11.9. The van der Waals surface area contributed by atoms with E-state index in [1.54, 1.807) is 30.3 Å². The van der Waals surface area contributed by atoms with Crippen LogP contribution in [0.15, 0.2) is 36.4 Å². The Balaban J connectivity index is 1.98. The lowest BCUT2D eigenvalue weighted by atomic mass is 10.2. The smallest absolute Gasteiger partial charge is 0.248 e. The lowest BCUT2D eigenvalue weighted by Crippen LogP contribution is -2.10. The summed E-state index contributed by atoms with van der Waals surface area (Å²) in [5.74, 6) is -0.432. The summed E-state index contributed by atoms with van der Waals surface area (Å²) in [6, 6.07) is 12.8. The van der Waals surface area contributed by atoms with Gasteiger partial charge in [-0.1, -0.05) is 0 Å². The number of nitrogens with one attached hydrogen (secondary N) is 1. The number of nitrogens with two attached hydrogens (primary N) is 1. The molecule has 0 bridgehead atoms. The summed E-state index contributed by atoms with van der Waals surface area (Å²) in [7, 11) is 0. The van der Waals surface area contributed by atoms with Gasteiger partial charge in [-0.15, -0.1) is 11.3 Å². The van der Waals surface area contributed by atoms with E-state index >= 15 is 0 Å². The Labute approximate surface area is 109 Å². The van der Waals surface area contributed by atoms with Gasteiger partial charge >= 0.3 is 0 Å². The standard InChI is InChI=1S/C13H11N3OS/c14-7-11-5-6-12(18-11)8-16-10-3-1-9(2-4-10)13(15)17/h1-6,16H,8H2,(H2,15,17). The fourth-order valence-corrected chi connectivity index (χ4v) is 2.22. The van der Waals surface area contributed by atoms with Crippen molar-refractivity contribution in [1.29, 1.82) is 5.26 Å². The average molecular weight is 257 g/mol. The molecule has 5 heteroatoms. The van der Waals surface area contributed by atoms with Gasteiger partial charge in [0.2, 0.25) is 5.91 Å². The van der Waals surface area contributed by atoms with Crippen LogP contribution in [0.2, 0.25) is 0 Å². The van der Waals surface area contributed by atoms with Crippen LogP contribution in [0, 0.1) is 11.3 Å². The van der Waals surface area contributed by atoms with Crippen molar-refractivity contribution < 1.29 is 4.79 Å². The number of amides is 1. The quantitative estimate of drug-likeness (QED) is 0.882. The second-order valence-electron chi connectivity index (χ2n) is 3.67. The van der Waals surface area contributed by atoms with E-state index in [2.05, 4.69) is 11.4 Å². The van der Waals surface area contributed by atoms with Crippen LogP contribution in [0.25, 0.3) is 0 Å². The number of rotatable bonds is 4. The largest absolute Gasteiger partial charge is 0.380 e. The molecular weight excluding hydrogens is 246 g/mol. The minimum Gasteiger partial charge on any atom is -0.380 e. The summed E-state index contributed by atoms with van der Waals surface area (Å²) >= 11 is 1.46. The summed E-state index contributed by atoms with van der Waals surface area (Å²) in [5.41, 5.74) is 6.56. The van der Waals surface area contributed by atoms with Crippen molar-refractivity contribution in [1.82, 2.24) is 0 Å². The SMILES string of the molecule is N#Cc1ccc(CNc2ccc(C(N)=O)cc2)s1. The van der Waals surface area contributed by atoms with Crippen molar-refractivity contribution in [3.8, 4) is 6.07 Å². The number of carbonyl (C=O) groups excluding carboxylic acids is 1. The van der Waals surface area contributed by atoms with E-state index in [4.69, 9.17) is 11.0 Å².